The molecule has 0 atom stereocenters. The van der Waals surface area contributed by atoms with Gasteiger partial charge in [0.25, 0.3) is 0 Å². The Balaban J connectivity index is 1.34. The Morgan fingerprint density at radius 3 is 1.84 bits per heavy atom. The van der Waals surface area contributed by atoms with Gasteiger partial charge < -0.3 is 4.57 Å². The Morgan fingerprint density at radius 1 is 0.360 bits per heavy atom. The number of fused-ring (bicyclic) bond motifs is 10. The van der Waals surface area contributed by atoms with Gasteiger partial charge in [-0.1, -0.05) is 121 Å². The zero-order valence-electron chi connectivity index (χ0n) is 27.0. The second kappa shape index (κ2) is 10.4. The normalized spacial score (nSPS) is 12.0. The number of nitrogens with zero attached hydrogens (tertiary/aromatic N) is 4. The van der Waals surface area contributed by atoms with Crippen LogP contribution < -0.4 is 0 Å². The lowest BCUT2D eigenvalue weighted by atomic mass is 10.0. The summed E-state index contributed by atoms with van der Waals surface area (Å²) in [5.74, 6) is 0.815. The summed E-state index contributed by atoms with van der Waals surface area (Å²) in [6, 6.07) is 60.6. The van der Waals surface area contributed by atoms with E-state index in [9.17, 15) is 0 Å². The van der Waals surface area contributed by atoms with Gasteiger partial charge in [-0.15, -0.1) is 0 Å². The Kier molecular flexibility index (Phi) is 5.63. The fourth-order valence-electron chi connectivity index (χ4n) is 8.08. The molecule has 4 heteroatoms. The molecule has 0 N–H and O–H groups in total. The molecule has 3 aromatic heterocycles. The summed E-state index contributed by atoms with van der Waals surface area (Å²) < 4.78 is 4.80. The summed E-state index contributed by atoms with van der Waals surface area (Å²) in [6.07, 6.45) is 0. The van der Waals surface area contributed by atoms with Crippen LogP contribution >= 0.6 is 0 Å². The van der Waals surface area contributed by atoms with Crippen molar-refractivity contribution >= 4 is 76.2 Å². The quantitative estimate of drug-likeness (QED) is 0.193. The molecule has 0 aliphatic carbocycles. The molecule has 0 fully saturated rings. The van der Waals surface area contributed by atoms with Gasteiger partial charge in [0.15, 0.2) is 5.82 Å². The maximum absolute atomic E-state index is 5.39. The van der Waals surface area contributed by atoms with E-state index < -0.39 is 0 Å². The molecule has 11 rings (SSSR count). The van der Waals surface area contributed by atoms with Crippen molar-refractivity contribution in [2.45, 2.75) is 0 Å². The van der Waals surface area contributed by atoms with Gasteiger partial charge in [-0.25, -0.2) is 9.97 Å². The second-order valence-electron chi connectivity index (χ2n) is 13.0. The monoisotopic (exact) mass is 636 g/mol. The highest BCUT2D eigenvalue weighted by molar-refractivity contribution is 6.23. The minimum atomic E-state index is 0.815. The largest absolute Gasteiger partial charge is 0.309 e. The fourth-order valence-corrected chi connectivity index (χ4v) is 8.08. The van der Waals surface area contributed by atoms with Crippen LogP contribution in [0.25, 0.3) is 99.0 Å². The molecule has 0 aliphatic heterocycles. The number of aromatic nitrogens is 4. The van der Waals surface area contributed by atoms with Crippen molar-refractivity contribution in [2.24, 2.45) is 0 Å². The zero-order chi connectivity index (χ0) is 32.8. The van der Waals surface area contributed by atoms with Crippen molar-refractivity contribution in [3.8, 4) is 22.8 Å². The molecule has 0 amide bonds. The third-order valence-electron chi connectivity index (χ3n) is 10.2. The molecule has 8 aromatic carbocycles. The van der Waals surface area contributed by atoms with Gasteiger partial charge in [0.1, 0.15) is 5.69 Å². The van der Waals surface area contributed by atoms with E-state index in [1.807, 2.05) is 24.3 Å². The molecule has 0 bridgehead atoms. The molecule has 0 saturated heterocycles. The SMILES string of the molecule is c1ccc(-c2nc3ccccc3nc2-n2c3cc4ccccc4cc3c3c(-n4c5ccccc5c5c6ccccc6ccc54)cccc32)cc1. The van der Waals surface area contributed by atoms with Crippen LogP contribution in [0.2, 0.25) is 0 Å². The molecule has 0 radical (unpaired) electrons. The molecule has 4 nitrogen and oxygen atoms in total. The fraction of sp³-hybridized carbons (Fsp3) is 0. The molecule has 3 heterocycles. The summed E-state index contributed by atoms with van der Waals surface area (Å²) in [7, 11) is 0. The topological polar surface area (TPSA) is 35.6 Å². The number of rotatable bonds is 3. The molecule has 0 aliphatic rings. The molecule has 0 saturated carbocycles. The van der Waals surface area contributed by atoms with Crippen LogP contribution in [0, 0.1) is 0 Å². The Bertz CT molecular complexity index is 3150. The van der Waals surface area contributed by atoms with Crippen LogP contribution in [0.15, 0.2) is 170 Å². The van der Waals surface area contributed by atoms with E-state index in [2.05, 4.69) is 155 Å². The minimum Gasteiger partial charge on any atom is -0.309 e. The third kappa shape index (κ3) is 3.81. The average Bonchev–Trinajstić information content (AvgIpc) is 3.69. The summed E-state index contributed by atoms with van der Waals surface area (Å²) in [4.78, 5) is 10.7. The Morgan fingerprint density at radius 2 is 1.00 bits per heavy atom. The van der Waals surface area contributed by atoms with Gasteiger partial charge in [-0.05, 0) is 70.1 Å². The van der Waals surface area contributed by atoms with Crippen molar-refractivity contribution < 1.29 is 0 Å². The van der Waals surface area contributed by atoms with Gasteiger partial charge >= 0.3 is 0 Å². The first-order valence-electron chi connectivity index (χ1n) is 17.0. The number of benzene rings is 8. The number of para-hydroxylation sites is 3. The van der Waals surface area contributed by atoms with E-state index in [-0.39, 0.29) is 0 Å². The van der Waals surface area contributed by atoms with Crippen LogP contribution in [-0.4, -0.2) is 19.1 Å². The van der Waals surface area contributed by atoms with Gasteiger partial charge in [0.2, 0.25) is 0 Å². The third-order valence-corrected chi connectivity index (χ3v) is 10.2. The predicted octanol–water partition coefficient (Wildman–Crippen LogP) is 11.8. The Labute approximate surface area is 287 Å². The van der Waals surface area contributed by atoms with Crippen molar-refractivity contribution in [3.05, 3.63) is 170 Å². The first-order chi connectivity index (χ1) is 24.8. The van der Waals surface area contributed by atoms with E-state index in [4.69, 9.17) is 9.97 Å². The highest BCUT2D eigenvalue weighted by atomic mass is 15.1. The second-order valence-corrected chi connectivity index (χ2v) is 13.0. The van der Waals surface area contributed by atoms with Crippen LogP contribution in [0.1, 0.15) is 0 Å². The van der Waals surface area contributed by atoms with Crippen molar-refractivity contribution in [1.29, 1.82) is 0 Å². The van der Waals surface area contributed by atoms with E-state index in [1.165, 1.54) is 54.1 Å². The summed E-state index contributed by atoms with van der Waals surface area (Å²) >= 11 is 0. The van der Waals surface area contributed by atoms with E-state index in [0.29, 0.717) is 0 Å². The lowest BCUT2D eigenvalue weighted by Gasteiger charge is -2.14. The number of hydrogen-bond acceptors (Lipinski definition) is 2. The van der Waals surface area contributed by atoms with Crippen LogP contribution in [0.4, 0.5) is 0 Å². The Hall–Kier alpha value is -6.78. The molecular weight excluding hydrogens is 609 g/mol. The molecule has 0 spiro atoms. The van der Waals surface area contributed by atoms with Gasteiger partial charge in [-0.2, -0.15) is 0 Å². The average molecular weight is 637 g/mol. The summed E-state index contributed by atoms with van der Waals surface area (Å²) in [5, 5.41) is 9.77. The van der Waals surface area contributed by atoms with Crippen LogP contribution in [0.5, 0.6) is 0 Å². The van der Waals surface area contributed by atoms with E-state index >= 15 is 0 Å². The van der Waals surface area contributed by atoms with Crippen molar-refractivity contribution in [3.63, 3.8) is 0 Å². The first kappa shape index (κ1) is 27.2. The molecule has 50 heavy (non-hydrogen) atoms. The van der Waals surface area contributed by atoms with Crippen LogP contribution in [0.3, 0.4) is 0 Å². The number of hydrogen-bond donors (Lipinski definition) is 0. The van der Waals surface area contributed by atoms with E-state index in [1.54, 1.807) is 0 Å². The zero-order valence-corrected chi connectivity index (χ0v) is 27.0. The lowest BCUT2D eigenvalue weighted by molar-refractivity contribution is 1.08. The standard InChI is InChI=1S/C46H28N4/c1-2-14-30(15-3-1)45-46(48-37-21-10-9-20-36(37)47-45)50-40-24-12-23-39(44(40)35-27-31-16-4-5-17-32(31)28-42(35)50)49-38-22-11-8-19-34(38)43-33-18-7-6-13-29(33)25-26-41(43)49/h1-28H. The summed E-state index contributed by atoms with van der Waals surface area (Å²) in [5.41, 5.74) is 9.31. The molecule has 0 unspecified atom stereocenters. The smallest absolute Gasteiger partial charge is 0.165 e. The van der Waals surface area contributed by atoms with Gasteiger partial charge in [0.05, 0.1) is 38.8 Å². The predicted molar refractivity (Wildman–Crippen MR) is 209 cm³/mol. The highest BCUT2D eigenvalue weighted by Crippen LogP contribution is 2.43. The van der Waals surface area contributed by atoms with Crippen molar-refractivity contribution in [1.82, 2.24) is 19.1 Å². The molecule has 232 valence electrons. The molecule has 11 aromatic rings. The van der Waals surface area contributed by atoms with Crippen LogP contribution in [-0.2, 0) is 0 Å². The molecular formula is C46H28N4. The van der Waals surface area contributed by atoms with Gasteiger partial charge in [0, 0.05) is 27.1 Å². The van der Waals surface area contributed by atoms with E-state index in [0.717, 1.165) is 44.8 Å². The summed E-state index contributed by atoms with van der Waals surface area (Å²) in [6.45, 7) is 0. The first-order valence-corrected chi connectivity index (χ1v) is 17.0. The van der Waals surface area contributed by atoms with Gasteiger partial charge in [-0.3, -0.25) is 4.57 Å². The lowest BCUT2D eigenvalue weighted by Crippen LogP contribution is -2.04. The van der Waals surface area contributed by atoms with Crippen molar-refractivity contribution in [2.75, 3.05) is 0 Å². The highest BCUT2D eigenvalue weighted by Gasteiger charge is 2.23. The minimum absolute atomic E-state index is 0.815. The maximum atomic E-state index is 5.39. The maximum Gasteiger partial charge on any atom is 0.165 e.